The zero-order chi connectivity index (χ0) is 36.6. The van der Waals surface area contributed by atoms with Crippen molar-refractivity contribution in [3.8, 4) is 6.07 Å². The number of hydrogen-bond donors (Lipinski definition) is 4. The van der Waals surface area contributed by atoms with E-state index in [-0.39, 0.29) is 16.8 Å². The summed E-state index contributed by atoms with van der Waals surface area (Å²) in [5.74, 6) is -2.22. The van der Waals surface area contributed by atoms with Crippen LogP contribution in [-0.2, 0) is 28.4 Å². The summed E-state index contributed by atoms with van der Waals surface area (Å²) in [5.41, 5.74) is 4.16. The van der Waals surface area contributed by atoms with Gasteiger partial charge in [-0.25, -0.2) is 22.6 Å². The minimum absolute atomic E-state index is 0.0748. The van der Waals surface area contributed by atoms with Crippen molar-refractivity contribution in [2.24, 2.45) is 7.05 Å². The molecule has 1 fully saturated rings. The lowest BCUT2D eigenvalue weighted by molar-refractivity contribution is -0.192. The SMILES string of the molecule is Cc1c(CNC2CCC(N(C)S(=O)(=O)c3ccc(Nc4nccc(Nc5ccc(F)cc5)n4)cc3)CC2)cc(C#N)n1C.O=C(O)C(F)(F)F. The molecule has 0 bridgehead atoms. The van der Waals surface area contributed by atoms with Gasteiger partial charge in [-0.05, 0) is 98.8 Å². The number of carboxylic acid groups (broad SMARTS) is 1. The number of nitrogens with one attached hydrogen (secondary N) is 3. The summed E-state index contributed by atoms with van der Waals surface area (Å²) in [4.78, 5) is 17.8. The van der Waals surface area contributed by atoms with Crippen LogP contribution in [0.15, 0.2) is 71.8 Å². The Morgan fingerprint density at radius 1 is 1.04 bits per heavy atom. The number of nitriles is 1. The molecular formula is C33H36F4N8O4S. The topological polar surface area (TPSA) is 165 Å². The van der Waals surface area contributed by atoms with Gasteiger partial charge in [-0.1, -0.05) is 0 Å². The molecule has 12 nitrogen and oxygen atoms in total. The summed E-state index contributed by atoms with van der Waals surface area (Å²) < 4.78 is 75.2. The summed E-state index contributed by atoms with van der Waals surface area (Å²) in [6.07, 6.45) is -0.209. The van der Waals surface area contributed by atoms with Crippen molar-refractivity contribution in [1.29, 1.82) is 5.26 Å². The van der Waals surface area contributed by atoms with E-state index in [0.717, 1.165) is 36.9 Å². The quantitative estimate of drug-likeness (QED) is 0.144. The van der Waals surface area contributed by atoms with Crippen LogP contribution in [-0.4, -0.2) is 63.6 Å². The predicted molar refractivity (Wildman–Crippen MR) is 178 cm³/mol. The van der Waals surface area contributed by atoms with Crippen molar-refractivity contribution in [2.75, 3.05) is 17.7 Å². The monoisotopic (exact) mass is 716 g/mol. The first kappa shape index (κ1) is 37.8. The van der Waals surface area contributed by atoms with Crippen LogP contribution in [0.2, 0.25) is 0 Å². The third-order valence-electron chi connectivity index (χ3n) is 8.35. The molecule has 266 valence electrons. The average molecular weight is 717 g/mol. The highest BCUT2D eigenvalue weighted by Crippen LogP contribution is 2.28. The first-order valence-corrected chi connectivity index (χ1v) is 16.8. The summed E-state index contributed by atoms with van der Waals surface area (Å²) in [5, 5.41) is 26.2. The van der Waals surface area contributed by atoms with Gasteiger partial charge < -0.3 is 25.6 Å². The van der Waals surface area contributed by atoms with Gasteiger partial charge in [-0.15, -0.1) is 0 Å². The molecular weight excluding hydrogens is 680 g/mol. The molecule has 2 aromatic heterocycles. The maximum absolute atomic E-state index is 13.4. The normalized spacial score (nSPS) is 16.2. The van der Waals surface area contributed by atoms with Gasteiger partial charge in [0.15, 0.2) is 0 Å². The number of hydrogen-bond acceptors (Lipinski definition) is 9. The highest BCUT2D eigenvalue weighted by atomic mass is 32.2. The third kappa shape index (κ3) is 9.77. The third-order valence-corrected chi connectivity index (χ3v) is 10.3. The Balaban J connectivity index is 0.000000727. The van der Waals surface area contributed by atoms with Crippen molar-refractivity contribution in [3.05, 3.63) is 89.6 Å². The lowest BCUT2D eigenvalue weighted by Crippen LogP contribution is -2.43. The molecule has 1 saturated carbocycles. The number of benzene rings is 2. The Morgan fingerprint density at radius 3 is 2.18 bits per heavy atom. The molecule has 2 aromatic carbocycles. The Morgan fingerprint density at radius 2 is 1.62 bits per heavy atom. The fraction of sp³-hybridized carbons (Fsp3) is 0.333. The molecule has 2 heterocycles. The van der Waals surface area contributed by atoms with Gasteiger partial charge in [0.1, 0.15) is 23.4 Å². The van der Waals surface area contributed by atoms with Crippen molar-refractivity contribution in [1.82, 2.24) is 24.2 Å². The van der Waals surface area contributed by atoms with E-state index in [1.165, 1.54) is 16.4 Å². The summed E-state index contributed by atoms with van der Waals surface area (Å²) in [6, 6.07) is 18.6. The molecule has 0 atom stereocenters. The van der Waals surface area contributed by atoms with Crippen LogP contribution in [0.4, 0.5) is 40.7 Å². The zero-order valence-electron chi connectivity index (χ0n) is 27.4. The number of alkyl halides is 3. The van der Waals surface area contributed by atoms with E-state index in [1.807, 2.05) is 24.6 Å². The van der Waals surface area contributed by atoms with E-state index < -0.39 is 22.2 Å². The highest BCUT2D eigenvalue weighted by Gasteiger charge is 2.38. The zero-order valence-corrected chi connectivity index (χ0v) is 28.2. The predicted octanol–water partition coefficient (Wildman–Crippen LogP) is 5.98. The van der Waals surface area contributed by atoms with E-state index in [9.17, 15) is 31.2 Å². The lowest BCUT2D eigenvalue weighted by Gasteiger charge is -2.34. The van der Waals surface area contributed by atoms with E-state index >= 15 is 0 Å². The van der Waals surface area contributed by atoms with Gasteiger partial charge in [0.05, 0.1) is 4.90 Å². The number of rotatable bonds is 10. The number of carbonyl (C=O) groups is 1. The van der Waals surface area contributed by atoms with Crippen LogP contribution in [0.1, 0.15) is 42.6 Å². The number of sulfonamides is 1. The molecule has 0 aliphatic heterocycles. The molecule has 4 aromatic rings. The minimum atomic E-state index is -5.08. The average Bonchev–Trinajstić information content (AvgIpc) is 3.36. The molecule has 0 saturated heterocycles. The molecule has 4 N–H and O–H groups in total. The number of anilines is 4. The Kier molecular flexibility index (Phi) is 12.2. The smallest absolute Gasteiger partial charge is 0.475 e. The summed E-state index contributed by atoms with van der Waals surface area (Å²) in [7, 11) is -0.120. The first-order chi connectivity index (χ1) is 23.6. The van der Waals surface area contributed by atoms with Crippen LogP contribution < -0.4 is 16.0 Å². The maximum Gasteiger partial charge on any atom is 0.490 e. The van der Waals surface area contributed by atoms with Gasteiger partial charge in [0, 0.05) is 56.0 Å². The van der Waals surface area contributed by atoms with Crippen LogP contribution in [0, 0.1) is 24.1 Å². The fourth-order valence-corrected chi connectivity index (χ4v) is 6.73. The van der Waals surface area contributed by atoms with Gasteiger partial charge in [0.2, 0.25) is 16.0 Å². The second kappa shape index (κ2) is 16.1. The Hall–Kier alpha value is -5.05. The molecule has 0 spiro atoms. The number of nitrogens with zero attached hydrogens (tertiary/aromatic N) is 5. The Bertz CT molecular complexity index is 1920. The van der Waals surface area contributed by atoms with E-state index in [0.29, 0.717) is 41.4 Å². The molecule has 50 heavy (non-hydrogen) atoms. The second-order valence-electron chi connectivity index (χ2n) is 11.6. The number of aromatic nitrogens is 3. The number of halogens is 4. The molecule has 0 radical (unpaired) electrons. The lowest BCUT2D eigenvalue weighted by atomic mass is 9.91. The molecule has 1 aliphatic rings. The van der Waals surface area contributed by atoms with E-state index in [2.05, 4.69) is 32.0 Å². The first-order valence-electron chi connectivity index (χ1n) is 15.4. The highest BCUT2D eigenvalue weighted by molar-refractivity contribution is 7.89. The molecule has 17 heteroatoms. The van der Waals surface area contributed by atoms with E-state index in [4.69, 9.17) is 9.90 Å². The number of carboxylic acids is 1. The fourth-order valence-electron chi connectivity index (χ4n) is 5.32. The standard InChI is InChI=1S/C31H35FN8O2S.C2HF3O2/c1-21-22(18-28(19-33)39(21)2)20-35-24-8-12-27(13-9-24)40(3)43(41,42)29-14-10-26(11-15-29)37-31-34-17-16-30(38-31)36-25-6-4-23(32)5-7-25;3-2(4,5)1(6)7/h4-7,10-11,14-18,24,27,35H,8-9,12-13,20H2,1-3H3,(H2,34,36,37,38);(H,6,7). The Labute approximate surface area is 286 Å². The van der Waals surface area contributed by atoms with Crippen LogP contribution in [0.3, 0.4) is 0 Å². The summed E-state index contributed by atoms with van der Waals surface area (Å²) in [6.45, 7) is 2.70. The molecule has 0 amide bonds. The second-order valence-corrected chi connectivity index (χ2v) is 13.6. The van der Waals surface area contributed by atoms with Crippen molar-refractivity contribution < 1.29 is 35.9 Å². The summed E-state index contributed by atoms with van der Waals surface area (Å²) >= 11 is 0. The maximum atomic E-state index is 13.4. The van der Waals surface area contributed by atoms with Crippen LogP contribution >= 0.6 is 0 Å². The van der Waals surface area contributed by atoms with Crippen LogP contribution in [0.25, 0.3) is 0 Å². The van der Waals surface area contributed by atoms with Crippen molar-refractivity contribution in [3.63, 3.8) is 0 Å². The molecule has 5 rings (SSSR count). The van der Waals surface area contributed by atoms with Crippen molar-refractivity contribution in [2.45, 2.75) is 62.3 Å². The molecule has 0 unspecified atom stereocenters. The van der Waals surface area contributed by atoms with Crippen LogP contribution in [0.5, 0.6) is 0 Å². The van der Waals surface area contributed by atoms with Gasteiger partial charge >= 0.3 is 12.1 Å². The van der Waals surface area contributed by atoms with Gasteiger partial charge in [-0.3, -0.25) is 0 Å². The minimum Gasteiger partial charge on any atom is -0.475 e. The van der Waals surface area contributed by atoms with Gasteiger partial charge in [-0.2, -0.15) is 27.7 Å². The van der Waals surface area contributed by atoms with E-state index in [1.54, 1.807) is 55.7 Å². The van der Waals surface area contributed by atoms with Crippen molar-refractivity contribution >= 4 is 39.1 Å². The van der Waals surface area contributed by atoms with Gasteiger partial charge in [0.25, 0.3) is 0 Å². The number of aliphatic carboxylic acids is 1. The molecule has 1 aliphatic carbocycles. The largest absolute Gasteiger partial charge is 0.490 e.